The van der Waals surface area contributed by atoms with Gasteiger partial charge in [-0.05, 0) is 12.8 Å². The van der Waals surface area contributed by atoms with Crippen molar-refractivity contribution in [3.63, 3.8) is 0 Å². The van der Waals surface area contributed by atoms with Crippen LogP contribution >= 0.6 is 7.82 Å². The van der Waals surface area contributed by atoms with E-state index in [1.807, 2.05) is 0 Å². The molecule has 0 aliphatic carbocycles. The number of hydrogen-bond donors (Lipinski definition) is 3. The number of phosphoric ester groups is 1. The van der Waals surface area contributed by atoms with E-state index in [9.17, 15) is 19.7 Å². The number of rotatable bonds is 32. The van der Waals surface area contributed by atoms with E-state index in [2.05, 4.69) is 13.8 Å². The molecule has 0 aromatic heterocycles. The highest BCUT2D eigenvalue weighted by atomic mass is 31.2. The summed E-state index contributed by atoms with van der Waals surface area (Å²) in [4.78, 5) is 9.85. The largest absolute Gasteiger partial charge is 0.472 e. The van der Waals surface area contributed by atoms with Crippen molar-refractivity contribution in [3.8, 4) is 0 Å². The lowest BCUT2D eigenvalue weighted by molar-refractivity contribution is 0.0432. The molecule has 0 bridgehead atoms. The Bertz CT molecular complexity index is 491. The molecule has 0 aliphatic heterocycles. The van der Waals surface area contributed by atoms with Gasteiger partial charge in [0.1, 0.15) is 0 Å². The minimum Gasteiger partial charge on any atom is -0.391 e. The molecule has 39 heavy (non-hydrogen) atoms. The zero-order valence-corrected chi connectivity index (χ0v) is 26.9. The lowest BCUT2D eigenvalue weighted by Crippen LogP contribution is -2.17. The third-order valence-electron chi connectivity index (χ3n) is 7.64. The normalized spacial score (nSPS) is 14.9. The van der Waals surface area contributed by atoms with E-state index in [1.165, 1.54) is 128 Å². The number of aliphatic hydroxyl groups is 2. The lowest BCUT2D eigenvalue weighted by Gasteiger charge is -2.17. The fraction of sp³-hybridized carbons (Fsp3) is 1.00. The van der Waals surface area contributed by atoms with E-state index in [-0.39, 0.29) is 13.2 Å². The topological polar surface area (TPSA) is 96.2 Å². The van der Waals surface area contributed by atoms with Crippen LogP contribution in [0, 0.1) is 0 Å². The van der Waals surface area contributed by atoms with Gasteiger partial charge in [0.15, 0.2) is 0 Å². The molecule has 0 rings (SSSR count). The van der Waals surface area contributed by atoms with Crippen LogP contribution in [0.2, 0.25) is 0 Å². The van der Waals surface area contributed by atoms with Gasteiger partial charge in [-0.1, -0.05) is 168 Å². The van der Waals surface area contributed by atoms with Crippen molar-refractivity contribution in [2.24, 2.45) is 0 Å². The zero-order valence-electron chi connectivity index (χ0n) is 26.0. The van der Waals surface area contributed by atoms with Crippen LogP contribution in [0.15, 0.2) is 0 Å². The number of aliphatic hydroxyl groups excluding tert-OH is 2. The molecule has 3 N–H and O–H groups in total. The highest BCUT2D eigenvalue weighted by molar-refractivity contribution is 7.47. The van der Waals surface area contributed by atoms with Gasteiger partial charge >= 0.3 is 7.82 Å². The monoisotopic (exact) mass is 578 g/mol. The molecule has 0 radical (unpaired) electrons. The van der Waals surface area contributed by atoms with Crippen LogP contribution in [-0.4, -0.2) is 40.5 Å². The number of phosphoric acid groups is 1. The van der Waals surface area contributed by atoms with Gasteiger partial charge in [0.05, 0.1) is 25.4 Å². The third-order valence-corrected chi connectivity index (χ3v) is 8.59. The van der Waals surface area contributed by atoms with E-state index in [0.717, 1.165) is 25.7 Å². The van der Waals surface area contributed by atoms with Crippen molar-refractivity contribution in [1.82, 2.24) is 0 Å². The van der Waals surface area contributed by atoms with Gasteiger partial charge in [-0.3, -0.25) is 9.05 Å². The molecule has 0 aliphatic rings. The van der Waals surface area contributed by atoms with Crippen molar-refractivity contribution in [2.75, 3.05) is 13.2 Å². The molecule has 236 valence electrons. The second kappa shape index (κ2) is 29.5. The lowest BCUT2D eigenvalue weighted by atomic mass is 10.0. The van der Waals surface area contributed by atoms with E-state index >= 15 is 0 Å². The first-order chi connectivity index (χ1) is 18.9. The predicted molar refractivity (Wildman–Crippen MR) is 165 cm³/mol. The van der Waals surface area contributed by atoms with Crippen LogP contribution in [-0.2, 0) is 13.6 Å². The maximum Gasteiger partial charge on any atom is 0.472 e. The molecule has 0 saturated carbocycles. The first kappa shape index (κ1) is 39.0. The summed E-state index contributed by atoms with van der Waals surface area (Å²) < 4.78 is 21.9. The Morgan fingerprint density at radius 3 is 0.949 bits per heavy atom. The highest BCUT2D eigenvalue weighted by Gasteiger charge is 2.24. The molecule has 0 fully saturated rings. The molecule has 0 spiro atoms. The predicted octanol–water partition coefficient (Wildman–Crippen LogP) is 10.0. The molecule has 0 saturated heterocycles. The first-order valence-electron chi connectivity index (χ1n) is 16.9. The van der Waals surface area contributed by atoms with E-state index in [1.54, 1.807) is 0 Å². The van der Waals surface area contributed by atoms with Crippen LogP contribution in [0.25, 0.3) is 0 Å². The summed E-state index contributed by atoms with van der Waals surface area (Å²) in [6, 6.07) is 0. The standard InChI is InChI=1S/C32H67O6P/c1-3-5-7-9-11-13-15-17-19-21-23-25-27-31(33)29-37-39(35,36)38-30-32(34)28-26-24-22-20-18-16-14-12-10-8-6-4-2/h31-34H,3-30H2,1-2H3,(H,35,36). The van der Waals surface area contributed by atoms with Gasteiger partial charge < -0.3 is 15.1 Å². The maximum atomic E-state index is 12.1. The van der Waals surface area contributed by atoms with Crippen molar-refractivity contribution in [1.29, 1.82) is 0 Å². The minimum absolute atomic E-state index is 0.222. The molecular weight excluding hydrogens is 511 g/mol. The SMILES string of the molecule is CCCCCCCCCCCCCCC(O)COP(=O)(O)OCC(O)CCCCCCCCCCCCCC. The third kappa shape index (κ3) is 30.8. The van der Waals surface area contributed by atoms with E-state index in [4.69, 9.17) is 9.05 Å². The van der Waals surface area contributed by atoms with Crippen molar-refractivity contribution in [3.05, 3.63) is 0 Å². The molecule has 2 atom stereocenters. The van der Waals surface area contributed by atoms with Crippen molar-refractivity contribution in [2.45, 2.75) is 193 Å². The Morgan fingerprint density at radius 1 is 0.462 bits per heavy atom. The molecule has 6 nitrogen and oxygen atoms in total. The average Bonchev–Trinajstić information content (AvgIpc) is 2.92. The Morgan fingerprint density at radius 2 is 0.692 bits per heavy atom. The highest BCUT2D eigenvalue weighted by Crippen LogP contribution is 2.43. The van der Waals surface area contributed by atoms with Crippen molar-refractivity contribution >= 4 is 7.82 Å². The van der Waals surface area contributed by atoms with Crippen LogP contribution in [0.1, 0.15) is 181 Å². The quantitative estimate of drug-likeness (QED) is 0.0543. The first-order valence-corrected chi connectivity index (χ1v) is 18.4. The van der Waals surface area contributed by atoms with Gasteiger partial charge in [-0.15, -0.1) is 0 Å². The minimum atomic E-state index is -4.26. The summed E-state index contributed by atoms with van der Waals surface area (Å²) >= 11 is 0. The summed E-state index contributed by atoms with van der Waals surface area (Å²) in [6.07, 6.45) is 29.7. The Kier molecular flexibility index (Phi) is 29.5. The van der Waals surface area contributed by atoms with Gasteiger partial charge in [-0.25, -0.2) is 4.57 Å². The molecule has 7 heteroatoms. The molecule has 0 heterocycles. The second-order valence-electron chi connectivity index (χ2n) is 11.7. The summed E-state index contributed by atoms with van der Waals surface area (Å²) in [5, 5.41) is 20.1. The molecule has 0 aromatic carbocycles. The summed E-state index contributed by atoms with van der Waals surface area (Å²) in [5.41, 5.74) is 0. The van der Waals surface area contributed by atoms with Crippen LogP contribution in [0.4, 0.5) is 0 Å². The van der Waals surface area contributed by atoms with E-state index in [0.29, 0.717) is 12.8 Å². The summed E-state index contributed by atoms with van der Waals surface area (Å²) in [5.74, 6) is 0. The van der Waals surface area contributed by atoms with Gasteiger partial charge in [0.25, 0.3) is 0 Å². The Balaban J connectivity index is 3.54. The fourth-order valence-electron chi connectivity index (χ4n) is 5.01. The average molecular weight is 579 g/mol. The van der Waals surface area contributed by atoms with Gasteiger partial charge in [0, 0.05) is 0 Å². The Hall–Kier alpha value is 0.0300. The number of unbranched alkanes of at least 4 members (excludes halogenated alkanes) is 22. The van der Waals surface area contributed by atoms with E-state index < -0.39 is 20.0 Å². The van der Waals surface area contributed by atoms with Crippen molar-refractivity contribution < 1.29 is 28.7 Å². The second-order valence-corrected chi connectivity index (χ2v) is 13.2. The summed E-state index contributed by atoms with van der Waals surface area (Å²) in [7, 11) is -4.26. The molecule has 0 amide bonds. The Labute approximate surface area is 242 Å². The summed E-state index contributed by atoms with van der Waals surface area (Å²) in [6.45, 7) is 4.06. The number of hydrogen-bond acceptors (Lipinski definition) is 5. The fourth-order valence-corrected chi connectivity index (χ4v) is 5.80. The molecule has 2 unspecified atom stereocenters. The maximum absolute atomic E-state index is 12.1. The van der Waals surface area contributed by atoms with Crippen LogP contribution < -0.4 is 0 Å². The van der Waals surface area contributed by atoms with Gasteiger partial charge in [-0.2, -0.15) is 0 Å². The van der Waals surface area contributed by atoms with Crippen LogP contribution in [0.3, 0.4) is 0 Å². The molecule has 0 aromatic rings. The molecular formula is C32H67O6P. The zero-order chi connectivity index (χ0) is 28.9. The van der Waals surface area contributed by atoms with Gasteiger partial charge in [0.2, 0.25) is 0 Å². The van der Waals surface area contributed by atoms with Crippen LogP contribution in [0.5, 0.6) is 0 Å². The smallest absolute Gasteiger partial charge is 0.391 e.